The van der Waals surface area contributed by atoms with E-state index in [4.69, 9.17) is 10.2 Å². The molecule has 90 valence electrons. The zero-order valence-corrected chi connectivity index (χ0v) is 9.28. The van der Waals surface area contributed by atoms with Crippen molar-refractivity contribution in [2.75, 3.05) is 0 Å². The van der Waals surface area contributed by atoms with Crippen molar-refractivity contribution >= 4 is 12.4 Å². The summed E-state index contributed by atoms with van der Waals surface area (Å²) in [4.78, 5) is 22.7. The van der Waals surface area contributed by atoms with Crippen molar-refractivity contribution < 1.29 is 19.8 Å². The third-order valence-corrected chi connectivity index (χ3v) is 2.43. The topological polar surface area (TPSA) is 77.8 Å². The maximum Gasteiger partial charge on any atom is 0.355 e. The molecule has 0 spiro atoms. The fourth-order valence-corrected chi connectivity index (χ4v) is 1.48. The summed E-state index contributed by atoms with van der Waals surface area (Å²) in [5.74, 6) is -1.36. The largest absolute Gasteiger partial charge is 0.513 e. The van der Waals surface area contributed by atoms with E-state index in [1.165, 1.54) is 0 Å². The Kier molecular flexibility index (Phi) is 4.28. The second-order valence-electron chi connectivity index (χ2n) is 3.42. The molecule has 0 fully saturated rings. The number of aliphatic carboxylic acids is 1. The van der Waals surface area contributed by atoms with Crippen molar-refractivity contribution in [3.8, 4) is 0 Å². The van der Waals surface area contributed by atoms with E-state index in [-0.39, 0.29) is 0 Å². The standard InChI is InChI=1S/C12H13NO4/c1-9(10-5-3-2-4-6-10)13(8-15)11(7-14)12(16)17/h2-9,14H,1H3,(H,16,17)/b11-7-/t9-/m1/s1. The summed E-state index contributed by atoms with van der Waals surface area (Å²) < 4.78 is 0. The summed E-state index contributed by atoms with van der Waals surface area (Å²) in [6.45, 7) is 1.68. The molecule has 1 atom stereocenters. The van der Waals surface area contributed by atoms with E-state index >= 15 is 0 Å². The molecule has 2 N–H and O–H groups in total. The molecule has 0 aliphatic rings. The number of carboxylic acids is 1. The van der Waals surface area contributed by atoms with Crippen molar-refractivity contribution in [3.63, 3.8) is 0 Å². The minimum atomic E-state index is -1.36. The number of benzene rings is 1. The van der Waals surface area contributed by atoms with Crippen LogP contribution in [0.2, 0.25) is 0 Å². The number of hydrogen-bond acceptors (Lipinski definition) is 3. The highest BCUT2D eigenvalue weighted by Crippen LogP contribution is 2.22. The zero-order valence-electron chi connectivity index (χ0n) is 9.28. The van der Waals surface area contributed by atoms with Crippen LogP contribution in [-0.4, -0.2) is 27.5 Å². The normalized spacial score (nSPS) is 12.9. The maximum atomic E-state index is 10.9. The minimum Gasteiger partial charge on any atom is -0.513 e. The smallest absolute Gasteiger partial charge is 0.355 e. The average Bonchev–Trinajstić information content (AvgIpc) is 2.35. The van der Waals surface area contributed by atoms with Crippen LogP contribution in [0, 0.1) is 0 Å². The first-order chi connectivity index (χ1) is 8.11. The number of carbonyl (C=O) groups excluding carboxylic acids is 1. The fraction of sp³-hybridized carbons (Fsp3) is 0.167. The van der Waals surface area contributed by atoms with Gasteiger partial charge in [0, 0.05) is 0 Å². The highest BCUT2D eigenvalue weighted by atomic mass is 16.4. The Bertz CT molecular complexity index is 427. The lowest BCUT2D eigenvalue weighted by Crippen LogP contribution is -2.29. The summed E-state index contributed by atoms with van der Waals surface area (Å²) in [5, 5.41) is 17.7. The molecule has 0 saturated carbocycles. The van der Waals surface area contributed by atoms with Crippen molar-refractivity contribution in [1.29, 1.82) is 0 Å². The number of carbonyl (C=O) groups is 2. The second-order valence-corrected chi connectivity index (χ2v) is 3.42. The number of hydrogen-bond donors (Lipinski definition) is 2. The van der Waals surface area contributed by atoms with Gasteiger partial charge in [0.15, 0.2) is 5.70 Å². The summed E-state index contributed by atoms with van der Waals surface area (Å²) in [5.41, 5.74) is 0.316. The maximum absolute atomic E-state index is 10.9. The Balaban J connectivity index is 3.03. The number of carboxylic acid groups (broad SMARTS) is 1. The van der Waals surface area contributed by atoms with Gasteiger partial charge in [-0.1, -0.05) is 30.3 Å². The monoisotopic (exact) mass is 235 g/mol. The lowest BCUT2D eigenvalue weighted by Gasteiger charge is -2.24. The molecule has 5 nitrogen and oxygen atoms in total. The molecule has 0 unspecified atom stereocenters. The quantitative estimate of drug-likeness (QED) is 0.462. The molecule has 0 aliphatic carbocycles. The van der Waals surface area contributed by atoms with Gasteiger partial charge in [0.2, 0.25) is 6.41 Å². The van der Waals surface area contributed by atoms with Crippen molar-refractivity contribution in [3.05, 3.63) is 47.9 Å². The SMILES string of the molecule is C[C@H](c1ccccc1)N(C=O)/C(=C\O)C(=O)O. The summed E-state index contributed by atoms with van der Waals surface area (Å²) in [7, 11) is 0. The van der Waals surface area contributed by atoms with E-state index in [1.807, 2.05) is 6.07 Å². The third kappa shape index (κ3) is 2.84. The second kappa shape index (κ2) is 5.69. The van der Waals surface area contributed by atoms with E-state index in [2.05, 4.69) is 0 Å². The Morgan fingerprint density at radius 3 is 2.35 bits per heavy atom. The van der Waals surface area contributed by atoms with Crippen LogP contribution in [0.4, 0.5) is 0 Å². The molecule has 5 heteroatoms. The highest BCUT2D eigenvalue weighted by molar-refractivity contribution is 5.88. The summed E-state index contributed by atoms with van der Waals surface area (Å²) >= 11 is 0. The van der Waals surface area contributed by atoms with Crippen LogP contribution >= 0.6 is 0 Å². The molecule has 1 aromatic rings. The van der Waals surface area contributed by atoms with Crippen LogP contribution in [-0.2, 0) is 9.59 Å². The van der Waals surface area contributed by atoms with E-state index in [0.717, 1.165) is 10.5 Å². The first-order valence-electron chi connectivity index (χ1n) is 4.98. The van der Waals surface area contributed by atoms with Gasteiger partial charge in [-0.2, -0.15) is 0 Å². The Labute approximate surface area is 98.6 Å². The van der Waals surface area contributed by atoms with Gasteiger partial charge in [0.1, 0.15) is 6.26 Å². The Morgan fingerprint density at radius 1 is 1.35 bits per heavy atom. The van der Waals surface area contributed by atoms with E-state index in [1.54, 1.807) is 31.2 Å². The number of nitrogens with zero attached hydrogens (tertiary/aromatic N) is 1. The van der Waals surface area contributed by atoms with Crippen LogP contribution in [0.3, 0.4) is 0 Å². The lowest BCUT2D eigenvalue weighted by atomic mass is 10.1. The van der Waals surface area contributed by atoms with Gasteiger partial charge < -0.3 is 10.2 Å². The third-order valence-electron chi connectivity index (χ3n) is 2.43. The summed E-state index contributed by atoms with van der Waals surface area (Å²) in [6, 6.07) is 8.48. The molecule has 1 amide bonds. The van der Waals surface area contributed by atoms with Crippen LogP contribution in [0.15, 0.2) is 42.3 Å². The molecular weight excluding hydrogens is 222 g/mol. The molecule has 0 radical (unpaired) electrons. The van der Waals surface area contributed by atoms with Crippen LogP contribution in [0.1, 0.15) is 18.5 Å². The fourth-order valence-electron chi connectivity index (χ4n) is 1.48. The molecule has 0 heterocycles. The average molecular weight is 235 g/mol. The molecular formula is C12H13NO4. The number of aliphatic hydroxyl groups is 1. The Morgan fingerprint density at radius 2 is 1.94 bits per heavy atom. The zero-order chi connectivity index (χ0) is 12.8. The van der Waals surface area contributed by atoms with Gasteiger partial charge in [-0.15, -0.1) is 0 Å². The van der Waals surface area contributed by atoms with Gasteiger partial charge in [0.25, 0.3) is 0 Å². The van der Waals surface area contributed by atoms with Gasteiger partial charge in [-0.05, 0) is 12.5 Å². The molecule has 0 saturated heterocycles. The van der Waals surface area contributed by atoms with Crippen LogP contribution in [0.25, 0.3) is 0 Å². The molecule has 1 rings (SSSR count). The number of aliphatic hydroxyl groups excluding tert-OH is 1. The van der Waals surface area contributed by atoms with Crippen molar-refractivity contribution in [2.24, 2.45) is 0 Å². The predicted molar refractivity (Wildman–Crippen MR) is 61.1 cm³/mol. The highest BCUT2D eigenvalue weighted by Gasteiger charge is 2.22. The van der Waals surface area contributed by atoms with E-state index in [9.17, 15) is 9.59 Å². The van der Waals surface area contributed by atoms with E-state index in [0.29, 0.717) is 12.7 Å². The van der Waals surface area contributed by atoms with Gasteiger partial charge in [0.05, 0.1) is 6.04 Å². The molecule has 0 aliphatic heterocycles. The first-order valence-corrected chi connectivity index (χ1v) is 4.98. The Hall–Kier alpha value is -2.30. The summed E-state index contributed by atoms with van der Waals surface area (Å²) in [6.07, 6.45) is 0.796. The van der Waals surface area contributed by atoms with Crippen molar-refractivity contribution in [2.45, 2.75) is 13.0 Å². The number of rotatable bonds is 5. The lowest BCUT2D eigenvalue weighted by molar-refractivity contribution is -0.137. The van der Waals surface area contributed by atoms with Crippen LogP contribution < -0.4 is 0 Å². The molecule has 17 heavy (non-hydrogen) atoms. The van der Waals surface area contributed by atoms with E-state index < -0.39 is 17.7 Å². The van der Waals surface area contributed by atoms with Gasteiger partial charge >= 0.3 is 5.97 Å². The van der Waals surface area contributed by atoms with Crippen LogP contribution in [0.5, 0.6) is 0 Å². The van der Waals surface area contributed by atoms with Gasteiger partial charge in [-0.25, -0.2) is 4.79 Å². The van der Waals surface area contributed by atoms with Crippen molar-refractivity contribution in [1.82, 2.24) is 4.90 Å². The molecule has 0 bridgehead atoms. The minimum absolute atomic E-state index is 0.383. The number of amides is 1. The first kappa shape index (κ1) is 12.8. The van der Waals surface area contributed by atoms with Gasteiger partial charge in [-0.3, -0.25) is 9.69 Å². The molecule has 0 aromatic heterocycles. The predicted octanol–water partition coefficient (Wildman–Crippen LogP) is 1.69. The molecule has 1 aromatic carbocycles.